The standard InChI is InChI=1S/C10H16N2O3/c13-9(4-7-5-11-6-7)12-3-1-2-8(12)10(14)15/h7-8,11H,1-6H2,(H,14,15). The number of nitrogens with zero attached hydrogens (tertiary/aromatic N) is 1. The van der Waals surface area contributed by atoms with Gasteiger partial charge in [0.1, 0.15) is 6.04 Å². The van der Waals surface area contributed by atoms with Crippen molar-refractivity contribution in [3.63, 3.8) is 0 Å². The summed E-state index contributed by atoms with van der Waals surface area (Å²) in [5.74, 6) is -0.452. The molecule has 0 aromatic carbocycles. The molecule has 2 rings (SSSR count). The summed E-state index contributed by atoms with van der Waals surface area (Å²) in [6.45, 7) is 2.38. The maximum Gasteiger partial charge on any atom is 0.326 e. The van der Waals surface area contributed by atoms with Gasteiger partial charge >= 0.3 is 5.97 Å². The smallest absolute Gasteiger partial charge is 0.326 e. The predicted octanol–water partition coefficient (Wildman–Crippen LogP) is -0.329. The van der Waals surface area contributed by atoms with Gasteiger partial charge in [-0.15, -0.1) is 0 Å². The van der Waals surface area contributed by atoms with Gasteiger partial charge in [0, 0.05) is 13.0 Å². The monoisotopic (exact) mass is 212 g/mol. The number of carbonyl (C=O) groups is 2. The molecule has 2 heterocycles. The zero-order chi connectivity index (χ0) is 10.8. The van der Waals surface area contributed by atoms with E-state index in [1.807, 2.05) is 0 Å². The lowest BCUT2D eigenvalue weighted by atomic mass is 9.98. The van der Waals surface area contributed by atoms with Crippen LogP contribution in [0.25, 0.3) is 0 Å². The molecule has 0 saturated carbocycles. The molecule has 2 N–H and O–H groups in total. The van der Waals surface area contributed by atoms with E-state index in [4.69, 9.17) is 5.11 Å². The second kappa shape index (κ2) is 4.18. The van der Waals surface area contributed by atoms with Crippen LogP contribution in [-0.4, -0.2) is 47.6 Å². The summed E-state index contributed by atoms with van der Waals surface area (Å²) in [6.07, 6.45) is 1.91. The van der Waals surface area contributed by atoms with E-state index in [1.54, 1.807) is 0 Å². The Morgan fingerprint density at radius 3 is 2.67 bits per heavy atom. The number of hydrogen-bond donors (Lipinski definition) is 2. The lowest BCUT2D eigenvalue weighted by molar-refractivity contribution is -0.148. The molecule has 5 nitrogen and oxygen atoms in total. The third-order valence-electron chi connectivity index (χ3n) is 3.19. The van der Waals surface area contributed by atoms with Crippen molar-refractivity contribution >= 4 is 11.9 Å². The molecular formula is C10H16N2O3. The second-order valence-electron chi connectivity index (χ2n) is 4.31. The van der Waals surface area contributed by atoms with Crippen molar-refractivity contribution in [1.82, 2.24) is 10.2 Å². The molecule has 15 heavy (non-hydrogen) atoms. The van der Waals surface area contributed by atoms with Crippen LogP contribution in [0.5, 0.6) is 0 Å². The van der Waals surface area contributed by atoms with Gasteiger partial charge in [0.2, 0.25) is 5.91 Å². The molecule has 2 saturated heterocycles. The van der Waals surface area contributed by atoms with Gasteiger partial charge in [0.25, 0.3) is 0 Å². The molecule has 84 valence electrons. The summed E-state index contributed by atoms with van der Waals surface area (Å²) in [4.78, 5) is 24.2. The first-order valence-corrected chi connectivity index (χ1v) is 5.41. The maximum atomic E-state index is 11.8. The Bertz CT molecular complexity index is 276. The largest absolute Gasteiger partial charge is 0.480 e. The van der Waals surface area contributed by atoms with E-state index < -0.39 is 12.0 Å². The van der Waals surface area contributed by atoms with E-state index >= 15 is 0 Å². The number of hydrogen-bond acceptors (Lipinski definition) is 3. The molecular weight excluding hydrogens is 196 g/mol. The Hall–Kier alpha value is -1.10. The minimum atomic E-state index is -0.868. The Morgan fingerprint density at radius 2 is 2.13 bits per heavy atom. The van der Waals surface area contributed by atoms with Crippen LogP contribution in [-0.2, 0) is 9.59 Å². The highest BCUT2D eigenvalue weighted by molar-refractivity contribution is 5.84. The average Bonchev–Trinajstić information content (AvgIpc) is 2.59. The van der Waals surface area contributed by atoms with Gasteiger partial charge in [0.05, 0.1) is 0 Å². The van der Waals surface area contributed by atoms with Gasteiger partial charge in [-0.1, -0.05) is 0 Å². The number of amides is 1. The molecule has 0 aromatic rings. The van der Waals surface area contributed by atoms with Crippen molar-refractivity contribution in [2.75, 3.05) is 19.6 Å². The van der Waals surface area contributed by atoms with Crippen molar-refractivity contribution in [3.8, 4) is 0 Å². The van der Waals surface area contributed by atoms with Crippen LogP contribution in [0.4, 0.5) is 0 Å². The third kappa shape index (κ3) is 2.12. The van der Waals surface area contributed by atoms with Gasteiger partial charge < -0.3 is 15.3 Å². The van der Waals surface area contributed by atoms with Crippen LogP contribution in [0, 0.1) is 5.92 Å². The number of rotatable bonds is 3. The summed E-state index contributed by atoms with van der Waals surface area (Å²) in [5.41, 5.74) is 0. The van der Waals surface area contributed by atoms with E-state index in [1.165, 1.54) is 4.90 Å². The molecule has 0 spiro atoms. The Kier molecular flexibility index (Phi) is 2.90. The fourth-order valence-corrected chi connectivity index (χ4v) is 2.18. The molecule has 2 aliphatic heterocycles. The highest BCUT2D eigenvalue weighted by Gasteiger charge is 2.35. The Morgan fingerprint density at radius 1 is 1.40 bits per heavy atom. The van der Waals surface area contributed by atoms with Gasteiger partial charge in [-0.25, -0.2) is 4.79 Å². The number of likely N-dealkylation sites (tertiary alicyclic amines) is 1. The van der Waals surface area contributed by atoms with Crippen molar-refractivity contribution in [3.05, 3.63) is 0 Å². The number of aliphatic carboxylic acids is 1. The summed E-state index contributed by atoms with van der Waals surface area (Å²) < 4.78 is 0. The van der Waals surface area contributed by atoms with Crippen LogP contribution in [0.15, 0.2) is 0 Å². The summed E-state index contributed by atoms with van der Waals surface area (Å²) in [6, 6.07) is -0.578. The summed E-state index contributed by atoms with van der Waals surface area (Å²) in [7, 11) is 0. The molecule has 1 atom stereocenters. The lowest BCUT2D eigenvalue weighted by Crippen LogP contribution is -2.47. The lowest BCUT2D eigenvalue weighted by Gasteiger charge is -2.29. The molecule has 0 bridgehead atoms. The number of carboxylic acids is 1. The van der Waals surface area contributed by atoms with Gasteiger partial charge in [-0.3, -0.25) is 4.79 Å². The first-order valence-electron chi connectivity index (χ1n) is 5.41. The molecule has 0 radical (unpaired) electrons. The topological polar surface area (TPSA) is 69.6 Å². The zero-order valence-corrected chi connectivity index (χ0v) is 8.61. The summed E-state index contributed by atoms with van der Waals surface area (Å²) in [5, 5.41) is 12.0. The molecule has 2 aliphatic rings. The van der Waals surface area contributed by atoms with E-state index in [-0.39, 0.29) is 5.91 Å². The molecule has 1 amide bonds. The SMILES string of the molecule is O=C(O)C1CCCN1C(=O)CC1CNC1. The first kappa shape index (κ1) is 10.4. The Balaban J connectivity index is 1.90. The van der Waals surface area contributed by atoms with Gasteiger partial charge in [0.15, 0.2) is 0 Å². The number of carboxylic acid groups (broad SMARTS) is 1. The van der Waals surface area contributed by atoms with E-state index in [0.29, 0.717) is 25.3 Å². The van der Waals surface area contributed by atoms with E-state index in [9.17, 15) is 9.59 Å². The highest BCUT2D eigenvalue weighted by Crippen LogP contribution is 2.20. The van der Waals surface area contributed by atoms with E-state index in [0.717, 1.165) is 19.5 Å². The third-order valence-corrected chi connectivity index (χ3v) is 3.19. The van der Waals surface area contributed by atoms with Crippen molar-refractivity contribution < 1.29 is 14.7 Å². The molecule has 0 aromatic heterocycles. The van der Waals surface area contributed by atoms with E-state index in [2.05, 4.69) is 5.32 Å². The molecule has 1 unspecified atom stereocenters. The first-order chi connectivity index (χ1) is 7.18. The van der Waals surface area contributed by atoms with Gasteiger partial charge in [-0.05, 0) is 31.8 Å². The zero-order valence-electron chi connectivity index (χ0n) is 8.61. The fraction of sp³-hybridized carbons (Fsp3) is 0.800. The maximum absolute atomic E-state index is 11.8. The minimum absolute atomic E-state index is 0.00593. The Labute approximate surface area is 88.4 Å². The van der Waals surface area contributed by atoms with Crippen molar-refractivity contribution in [2.45, 2.75) is 25.3 Å². The van der Waals surface area contributed by atoms with Crippen molar-refractivity contribution in [2.24, 2.45) is 5.92 Å². The number of nitrogens with one attached hydrogen (secondary N) is 1. The second-order valence-corrected chi connectivity index (χ2v) is 4.31. The van der Waals surface area contributed by atoms with Crippen LogP contribution < -0.4 is 5.32 Å². The average molecular weight is 212 g/mol. The van der Waals surface area contributed by atoms with Gasteiger partial charge in [-0.2, -0.15) is 0 Å². The van der Waals surface area contributed by atoms with Crippen LogP contribution >= 0.6 is 0 Å². The quantitative estimate of drug-likeness (QED) is 0.672. The normalized spacial score (nSPS) is 26.4. The minimum Gasteiger partial charge on any atom is -0.480 e. The molecule has 0 aliphatic carbocycles. The number of carbonyl (C=O) groups excluding carboxylic acids is 1. The van der Waals surface area contributed by atoms with Crippen LogP contribution in [0.3, 0.4) is 0 Å². The molecule has 5 heteroatoms. The summed E-state index contributed by atoms with van der Waals surface area (Å²) >= 11 is 0. The fourth-order valence-electron chi connectivity index (χ4n) is 2.18. The highest BCUT2D eigenvalue weighted by atomic mass is 16.4. The molecule has 2 fully saturated rings. The van der Waals surface area contributed by atoms with Crippen LogP contribution in [0.1, 0.15) is 19.3 Å². The predicted molar refractivity (Wildman–Crippen MR) is 53.3 cm³/mol. The van der Waals surface area contributed by atoms with Crippen molar-refractivity contribution in [1.29, 1.82) is 0 Å². The van der Waals surface area contributed by atoms with Crippen LogP contribution in [0.2, 0.25) is 0 Å².